The van der Waals surface area contributed by atoms with E-state index >= 15 is 0 Å². The Hall–Kier alpha value is -1.95. The number of hydrogen-bond donors (Lipinski definition) is 1. The average Bonchev–Trinajstić information content (AvgIpc) is 2.67. The molecule has 1 N–H and O–H groups in total. The van der Waals surface area contributed by atoms with E-state index in [0.29, 0.717) is 0 Å². The summed E-state index contributed by atoms with van der Waals surface area (Å²) in [5.74, 6) is 0.199. The molecule has 2 unspecified atom stereocenters. The maximum atomic E-state index is 12.1. The quantitative estimate of drug-likeness (QED) is 0.665. The molecule has 1 amide bonds. The van der Waals surface area contributed by atoms with Crippen molar-refractivity contribution in [3.05, 3.63) is 39.9 Å². The van der Waals surface area contributed by atoms with Gasteiger partial charge >= 0.3 is 0 Å². The van der Waals surface area contributed by atoms with Gasteiger partial charge in [-0.3, -0.25) is 20.2 Å². The molecule has 6 nitrogen and oxygen atoms in total. The molecule has 1 heterocycles. The minimum absolute atomic E-state index is 0.0199. The van der Waals surface area contributed by atoms with E-state index < -0.39 is 4.92 Å². The summed E-state index contributed by atoms with van der Waals surface area (Å²) in [6.07, 6.45) is -0.306. The Morgan fingerprint density at radius 2 is 2.11 bits per heavy atom. The number of nitro benzene ring substituents is 1. The number of hydrogen-bond acceptors (Lipinski definition) is 4. The lowest BCUT2D eigenvalue weighted by Crippen LogP contribution is -2.33. The van der Waals surface area contributed by atoms with Crippen LogP contribution in [0.3, 0.4) is 0 Å². The number of amides is 1. The number of rotatable bonds is 3. The van der Waals surface area contributed by atoms with Crippen LogP contribution in [0, 0.1) is 16.0 Å². The van der Waals surface area contributed by atoms with Crippen molar-refractivity contribution >= 4 is 11.6 Å². The molecule has 1 aliphatic heterocycles. The number of nitrogens with zero attached hydrogens (tertiary/aromatic N) is 2. The first-order chi connectivity index (χ1) is 8.91. The van der Waals surface area contributed by atoms with Crippen LogP contribution in [0.1, 0.15) is 25.6 Å². The van der Waals surface area contributed by atoms with Gasteiger partial charge in [0, 0.05) is 19.2 Å². The third-order valence-corrected chi connectivity index (χ3v) is 3.40. The van der Waals surface area contributed by atoms with Crippen molar-refractivity contribution in [2.24, 2.45) is 5.92 Å². The van der Waals surface area contributed by atoms with Crippen LogP contribution in [0.4, 0.5) is 5.69 Å². The predicted octanol–water partition coefficient (Wildman–Crippen LogP) is 1.68. The monoisotopic (exact) mass is 263 g/mol. The first-order valence-corrected chi connectivity index (χ1v) is 6.19. The van der Waals surface area contributed by atoms with E-state index in [1.54, 1.807) is 24.1 Å². The zero-order chi connectivity index (χ0) is 14.2. The molecule has 1 aromatic rings. The van der Waals surface area contributed by atoms with Gasteiger partial charge in [0.1, 0.15) is 6.17 Å². The summed E-state index contributed by atoms with van der Waals surface area (Å²) in [7, 11) is 1.71. The minimum atomic E-state index is -0.430. The molecule has 102 valence electrons. The lowest BCUT2D eigenvalue weighted by atomic mass is 10.1. The lowest BCUT2D eigenvalue weighted by molar-refractivity contribution is -0.385. The fourth-order valence-corrected chi connectivity index (χ4v) is 2.31. The normalized spacial score (nSPS) is 23.2. The molecule has 1 aromatic carbocycles. The van der Waals surface area contributed by atoms with Crippen LogP contribution in [0.25, 0.3) is 0 Å². The Labute approximate surface area is 111 Å². The first kappa shape index (κ1) is 13.5. The second-order valence-electron chi connectivity index (χ2n) is 5.09. The summed E-state index contributed by atoms with van der Waals surface area (Å²) in [4.78, 5) is 24.0. The summed E-state index contributed by atoms with van der Waals surface area (Å²) in [6, 6.07) is 6.13. The zero-order valence-electron chi connectivity index (χ0n) is 11.2. The van der Waals surface area contributed by atoms with E-state index in [0.717, 1.165) is 5.56 Å². The highest BCUT2D eigenvalue weighted by Crippen LogP contribution is 2.28. The molecule has 0 spiro atoms. The second kappa shape index (κ2) is 4.97. The maximum absolute atomic E-state index is 12.1. The smallest absolute Gasteiger partial charge is 0.269 e. The van der Waals surface area contributed by atoms with Gasteiger partial charge < -0.3 is 4.90 Å². The first-order valence-electron chi connectivity index (χ1n) is 6.19. The topological polar surface area (TPSA) is 75.5 Å². The average molecular weight is 263 g/mol. The molecule has 0 bridgehead atoms. The van der Waals surface area contributed by atoms with Crippen LogP contribution in [0.2, 0.25) is 0 Å². The van der Waals surface area contributed by atoms with Crippen molar-refractivity contribution in [2.45, 2.75) is 26.1 Å². The van der Waals surface area contributed by atoms with E-state index in [9.17, 15) is 14.9 Å². The highest BCUT2D eigenvalue weighted by molar-refractivity contribution is 5.84. The number of carbonyl (C=O) groups excluding carboxylic acids is 1. The Balaban J connectivity index is 2.30. The van der Waals surface area contributed by atoms with Crippen LogP contribution in [-0.4, -0.2) is 28.8 Å². The summed E-state index contributed by atoms with van der Waals surface area (Å²) in [6.45, 7) is 3.94. The van der Waals surface area contributed by atoms with Gasteiger partial charge in [0.2, 0.25) is 5.91 Å². The van der Waals surface area contributed by atoms with E-state index in [1.165, 1.54) is 12.1 Å². The van der Waals surface area contributed by atoms with E-state index in [2.05, 4.69) is 5.32 Å². The van der Waals surface area contributed by atoms with Crippen LogP contribution < -0.4 is 5.32 Å². The summed E-state index contributed by atoms with van der Waals surface area (Å²) in [5.41, 5.74) is 0.765. The van der Waals surface area contributed by atoms with Crippen LogP contribution in [0.15, 0.2) is 24.3 Å². The SMILES string of the molecule is CC(C)C1NC(c2cccc([N+](=O)[O-])c2)N(C)C1=O. The van der Waals surface area contributed by atoms with Gasteiger partial charge in [-0.15, -0.1) is 0 Å². The Morgan fingerprint density at radius 1 is 1.42 bits per heavy atom. The molecule has 1 fully saturated rings. The molecular formula is C13H17N3O3. The number of nitro groups is 1. The zero-order valence-corrected chi connectivity index (χ0v) is 11.2. The molecule has 1 saturated heterocycles. The fraction of sp³-hybridized carbons (Fsp3) is 0.462. The maximum Gasteiger partial charge on any atom is 0.269 e. The van der Waals surface area contributed by atoms with Gasteiger partial charge in [-0.25, -0.2) is 0 Å². The van der Waals surface area contributed by atoms with Crippen LogP contribution >= 0.6 is 0 Å². The molecule has 2 rings (SSSR count). The molecule has 0 aromatic heterocycles. The third-order valence-electron chi connectivity index (χ3n) is 3.40. The minimum Gasteiger partial charge on any atom is -0.325 e. The largest absolute Gasteiger partial charge is 0.325 e. The Morgan fingerprint density at radius 3 is 2.63 bits per heavy atom. The van der Waals surface area contributed by atoms with E-state index in [4.69, 9.17) is 0 Å². The molecule has 0 aliphatic carbocycles. The number of nitrogens with one attached hydrogen (secondary N) is 1. The lowest BCUT2D eigenvalue weighted by Gasteiger charge is -2.19. The Kier molecular flexibility index (Phi) is 3.53. The van der Waals surface area contributed by atoms with Crippen LogP contribution in [0.5, 0.6) is 0 Å². The number of carbonyl (C=O) groups is 1. The molecule has 1 aliphatic rings. The van der Waals surface area contributed by atoms with E-state index in [1.807, 2.05) is 13.8 Å². The highest BCUT2D eigenvalue weighted by atomic mass is 16.6. The number of non-ortho nitro benzene ring substituents is 1. The van der Waals surface area contributed by atoms with Crippen molar-refractivity contribution in [3.8, 4) is 0 Å². The second-order valence-corrected chi connectivity index (χ2v) is 5.09. The highest BCUT2D eigenvalue weighted by Gasteiger charge is 2.39. The van der Waals surface area contributed by atoms with Gasteiger partial charge in [0.05, 0.1) is 11.0 Å². The Bertz CT molecular complexity index is 516. The summed E-state index contributed by atoms with van der Waals surface area (Å²) in [5, 5.41) is 14.0. The van der Waals surface area contributed by atoms with Gasteiger partial charge in [-0.2, -0.15) is 0 Å². The van der Waals surface area contributed by atoms with Crippen molar-refractivity contribution in [1.29, 1.82) is 0 Å². The van der Waals surface area contributed by atoms with Gasteiger partial charge in [0.25, 0.3) is 5.69 Å². The van der Waals surface area contributed by atoms with Crippen molar-refractivity contribution in [1.82, 2.24) is 10.2 Å². The van der Waals surface area contributed by atoms with Gasteiger partial charge in [0.15, 0.2) is 0 Å². The van der Waals surface area contributed by atoms with E-state index in [-0.39, 0.29) is 29.7 Å². The van der Waals surface area contributed by atoms with Gasteiger partial charge in [-0.05, 0) is 11.5 Å². The molecule has 6 heteroatoms. The van der Waals surface area contributed by atoms with Crippen molar-refractivity contribution < 1.29 is 9.72 Å². The number of benzene rings is 1. The molecule has 19 heavy (non-hydrogen) atoms. The fourth-order valence-electron chi connectivity index (χ4n) is 2.31. The summed E-state index contributed by atoms with van der Waals surface area (Å²) >= 11 is 0. The standard InChI is InChI=1S/C13H17N3O3/c1-8(2)11-13(17)15(3)12(14-11)9-5-4-6-10(7-9)16(18)19/h4-8,11-12,14H,1-3H3. The predicted molar refractivity (Wildman–Crippen MR) is 70.4 cm³/mol. The van der Waals surface area contributed by atoms with Crippen LogP contribution in [-0.2, 0) is 4.79 Å². The van der Waals surface area contributed by atoms with Gasteiger partial charge in [-0.1, -0.05) is 26.0 Å². The number of likely N-dealkylation sites (N-methyl/N-ethyl adjacent to an activating group) is 1. The summed E-state index contributed by atoms with van der Waals surface area (Å²) < 4.78 is 0. The molecule has 0 radical (unpaired) electrons. The van der Waals surface area contributed by atoms with Crippen molar-refractivity contribution in [2.75, 3.05) is 7.05 Å². The van der Waals surface area contributed by atoms with Crippen molar-refractivity contribution in [3.63, 3.8) is 0 Å². The molecular weight excluding hydrogens is 246 g/mol. The third kappa shape index (κ3) is 2.44. The molecule has 0 saturated carbocycles. The molecule has 2 atom stereocenters.